The Bertz CT molecular complexity index is 3100. The van der Waals surface area contributed by atoms with Crippen molar-refractivity contribution in [1.82, 2.24) is 0 Å². The largest absolute Gasteiger partial charge is 0.455 e. The second-order valence-corrected chi connectivity index (χ2v) is 15.7. The molecule has 1 heterocycles. The van der Waals surface area contributed by atoms with Gasteiger partial charge in [0.05, 0.1) is 11.1 Å². The Kier molecular flexibility index (Phi) is 8.20. The maximum absolute atomic E-state index is 6.48. The van der Waals surface area contributed by atoms with Gasteiger partial charge in [-0.15, -0.1) is 0 Å². The molecule has 280 valence electrons. The fourth-order valence-corrected chi connectivity index (χ4v) is 9.85. The van der Waals surface area contributed by atoms with Gasteiger partial charge in [-0.3, -0.25) is 0 Å². The summed E-state index contributed by atoms with van der Waals surface area (Å²) in [5.41, 5.74) is 19.4. The van der Waals surface area contributed by atoms with Gasteiger partial charge in [-0.05, 0) is 118 Å². The Morgan fingerprint density at radius 1 is 0.390 bits per heavy atom. The fraction of sp³-hybridized carbons (Fsp3) is 0.0526. The van der Waals surface area contributed by atoms with Gasteiger partial charge in [-0.1, -0.05) is 170 Å². The van der Waals surface area contributed by atoms with Crippen molar-refractivity contribution in [3.05, 3.63) is 246 Å². The third-order valence-electron chi connectivity index (χ3n) is 12.4. The van der Waals surface area contributed by atoms with Gasteiger partial charge in [-0.2, -0.15) is 0 Å². The number of rotatable bonds is 7. The smallest absolute Gasteiger partial charge is 0.143 e. The van der Waals surface area contributed by atoms with Crippen molar-refractivity contribution in [1.29, 1.82) is 0 Å². The monoisotopic (exact) mass is 755 g/mol. The number of fused-ring (bicyclic) bond motifs is 6. The molecule has 10 aromatic rings. The lowest BCUT2D eigenvalue weighted by Gasteiger charge is -2.35. The number of benzene rings is 9. The van der Waals surface area contributed by atoms with E-state index in [1.165, 1.54) is 61.3 Å². The molecule has 1 aromatic heterocycles. The zero-order chi connectivity index (χ0) is 39.5. The van der Waals surface area contributed by atoms with Gasteiger partial charge in [0.1, 0.15) is 11.2 Å². The van der Waals surface area contributed by atoms with E-state index in [2.05, 4.69) is 219 Å². The zero-order valence-electron chi connectivity index (χ0n) is 33.1. The first-order valence-corrected chi connectivity index (χ1v) is 20.4. The Morgan fingerprint density at radius 2 is 0.949 bits per heavy atom. The van der Waals surface area contributed by atoms with Crippen LogP contribution in [0.15, 0.2) is 217 Å². The summed E-state index contributed by atoms with van der Waals surface area (Å²) in [7, 11) is 0. The van der Waals surface area contributed by atoms with Crippen LogP contribution in [-0.2, 0) is 5.41 Å². The van der Waals surface area contributed by atoms with Gasteiger partial charge in [0.2, 0.25) is 0 Å². The molecule has 2 nitrogen and oxygen atoms in total. The van der Waals surface area contributed by atoms with Crippen molar-refractivity contribution in [2.75, 3.05) is 4.90 Å². The van der Waals surface area contributed by atoms with Crippen molar-refractivity contribution < 1.29 is 4.42 Å². The van der Waals surface area contributed by atoms with Gasteiger partial charge < -0.3 is 9.32 Å². The minimum absolute atomic E-state index is 0.507. The van der Waals surface area contributed by atoms with Gasteiger partial charge >= 0.3 is 0 Å². The molecule has 0 radical (unpaired) electrons. The Hall–Kier alpha value is -7.42. The van der Waals surface area contributed by atoms with Crippen molar-refractivity contribution in [3.63, 3.8) is 0 Å². The topological polar surface area (TPSA) is 16.4 Å². The van der Waals surface area contributed by atoms with Crippen LogP contribution in [-0.4, -0.2) is 0 Å². The van der Waals surface area contributed by atoms with Crippen LogP contribution in [0.2, 0.25) is 0 Å². The van der Waals surface area contributed by atoms with E-state index in [4.69, 9.17) is 4.42 Å². The molecule has 0 saturated heterocycles. The maximum atomic E-state index is 6.48. The number of para-hydroxylation sites is 2. The quantitative estimate of drug-likeness (QED) is 0.161. The molecule has 0 spiro atoms. The van der Waals surface area contributed by atoms with E-state index in [9.17, 15) is 0 Å². The molecule has 11 rings (SSSR count). The maximum Gasteiger partial charge on any atom is 0.143 e. The number of anilines is 3. The number of hydrogen-bond donors (Lipinski definition) is 0. The first-order valence-electron chi connectivity index (χ1n) is 20.4. The average Bonchev–Trinajstić information content (AvgIpc) is 3.82. The molecule has 0 unspecified atom stereocenters. The molecule has 0 bridgehead atoms. The van der Waals surface area contributed by atoms with Crippen molar-refractivity contribution in [2.24, 2.45) is 0 Å². The summed E-state index contributed by atoms with van der Waals surface area (Å²) >= 11 is 0. The molecule has 0 aliphatic heterocycles. The van der Waals surface area contributed by atoms with Crippen molar-refractivity contribution in [2.45, 2.75) is 19.3 Å². The molecule has 0 saturated carbocycles. The summed E-state index contributed by atoms with van der Waals surface area (Å²) in [6.45, 7) is 4.50. The van der Waals surface area contributed by atoms with E-state index < -0.39 is 5.41 Å². The highest BCUT2D eigenvalue weighted by Crippen LogP contribution is 2.57. The van der Waals surface area contributed by atoms with Gasteiger partial charge in [0.25, 0.3) is 0 Å². The molecule has 59 heavy (non-hydrogen) atoms. The van der Waals surface area contributed by atoms with Crippen LogP contribution in [0.3, 0.4) is 0 Å². The number of aryl methyl sites for hydroxylation is 2. The van der Waals surface area contributed by atoms with E-state index in [-0.39, 0.29) is 0 Å². The highest BCUT2D eigenvalue weighted by molar-refractivity contribution is 6.09. The minimum atomic E-state index is -0.507. The highest BCUT2D eigenvalue weighted by atomic mass is 16.3. The molecular formula is C57H41NO. The Labute approximate surface area is 345 Å². The molecule has 2 heteroatoms. The molecule has 9 aromatic carbocycles. The zero-order valence-corrected chi connectivity index (χ0v) is 33.1. The first kappa shape index (κ1) is 34.8. The molecule has 0 N–H and O–H groups in total. The van der Waals surface area contributed by atoms with Crippen LogP contribution in [0.25, 0.3) is 55.3 Å². The third-order valence-corrected chi connectivity index (χ3v) is 12.4. The van der Waals surface area contributed by atoms with Crippen LogP contribution >= 0.6 is 0 Å². The van der Waals surface area contributed by atoms with E-state index >= 15 is 0 Å². The van der Waals surface area contributed by atoms with E-state index in [1.807, 2.05) is 12.1 Å². The lowest BCUT2D eigenvalue weighted by atomic mass is 9.67. The highest BCUT2D eigenvalue weighted by Gasteiger charge is 2.46. The van der Waals surface area contributed by atoms with E-state index in [1.54, 1.807) is 0 Å². The second-order valence-electron chi connectivity index (χ2n) is 15.7. The Morgan fingerprint density at radius 3 is 1.66 bits per heavy atom. The molecule has 0 atom stereocenters. The molecule has 0 fully saturated rings. The lowest BCUT2D eigenvalue weighted by molar-refractivity contribution is 0.670. The molecular weight excluding hydrogens is 715 g/mol. The second kappa shape index (κ2) is 13.9. The molecule has 0 amide bonds. The number of furan rings is 1. The normalized spacial score (nSPS) is 12.7. The summed E-state index contributed by atoms with van der Waals surface area (Å²) in [6.07, 6.45) is 0. The summed E-state index contributed by atoms with van der Waals surface area (Å²) in [6, 6.07) is 77.3. The lowest BCUT2D eigenvalue weighted by Crippen LogP contribution is -2.28. The summed E-state index contributed by atoms with van der Waals surface area (Å²) < 4.78 is 6.48. The first-order chi connectivity index (χ1) is 29.1. The van der Waals surface area contributed by atoms with Gasteiger partial charge in [0, 0.05) is 27.7 Å². The predicted molar refractivity (Wildman–Crippen MR) is 246 cm³/mol. The summed E-state index contributed by atoms with van der Waals surface area (Å²) in [5.74, 6) is 0. The van der Waals surface area contributed by atoms with Crippen LogP contribution in [0.5, 0.6) is 0 Å². The Balaban J connectivity index is 1.13. The molecule has 1 aliphatic carbocycles. The van der Waals surface area contributed by atoms with Crippen LogP contribution < -0.4 is 4.90 Å². The van der Waals surface area contributed by atoms with E-state index in [0.717, 1.165) is 44.4 Å². The summed E-state index contributed by atoms with van der Waals surface area (Å²) in [4.78, 5) is 2.47. The van der Waals surface area contributed by atoms with E-state index in [0.29, 0.717) is 0 Å². The SMILES string of the molecule is Cc1cc(-c2ccccc2)cc(C)c1N(c1ccc(-c2cccc3c2oc2ccccc23)cc1)c1ccc2c(c1)C(c1ccccc1)(c1ccccc1)c1ccccc1-2. The number of hydrogen-bond acceptors (Lipinski definition) is 2. The average molecular weight is 756 g/mol. The van der Waals surface area contributed by atoms with Crippen molar-refractivity contribution >= 4 is 39.0 Å². The standard InChI is InChI=1S/C57H41NO/c1-38-35-42(40-17-6-3-7-18-40)36-39(2)55(38)58(45-31-29-41(30-32-45)47-25-16-26-51-50-24-13-15-28-54(50)59-56(47)51)46-33-34-49-48-23-12-14-27-52(48)57(53(49)37-46,43-19-8-4-9-20-43)44-21-10-5-11-22-44/h3-37H,1-2H3. The van der Waals surface area contributed by atoms with Crippen LogP contribution in [0.1, 0.15) is 33.4 Å². The predicted octanol–water partition coefficient (Wildman–Crippen LogP) is 15.4. The fourth-order valence-electron chi connectivity index (χ4n) is 9.85. The van der Waals surface area contributed by atoms with Crippen LogP contribution in [0.4, 0.5) is 17.1 Å². The minimum Gasteiger partial charge on any atom is -0.455 e. The number of nitrogens with zero attached hydrogens (tertiary/aromatic N) is 1. The van der Waals surface area contributed by atoms with Crippen LogP contribution in [0, 0.1) is 13.8 Å². The third kappa shape index (κ3) is 5.48. The van der Waals surface area contributed by atoms with Gasteiger partial charge in [-0.25, -0.2) is 0 Å². The molecule has 1 aliphatic rings. The van der Waals surface area contributed by atoms with Crippen molar-refractivity contribution in [3.8, 4) is 33.4 Å². The van der Waals surface area contributed by atoms with Gasteiger partial charge in [0.15, 0.2) is 0 Å². The summed E-state index contributed by atoms with van der Waals surface area (Å²) in [5, 5.41) is 2.27.